The van der Waals surface area contributed by atoms with Gasteiger partial charge in [0.05, 0.1) is 11.0 Å². The molecular formula is C27H19FN4O2. The van der Waals surface area contributed by atoms with Gasteiger partial charge in [0.25, 0.3) is 11.8 Å². The fraction of sp³-hybridized carbons (Fsp3) is 0. The van der Waals surface area contributed by atoms with Crippen LogP contribution in [0.1, 0.15) is 20.7 Å². The molecule has 0 saturated heterocycles. The Balaban J connectivity index is 1.31. The van der Waals surface area contributed by atoms with Gasteiger partial charge in [-0.25, -0.2) is 9.37 Å². The van der Waals surface area contributed by atoms with E-state index in [1.165, 1.54) is 24.3 Å². The fourth-order valence-corrected chi connectivity index (χ4v) is 3.53. The number of imidazole rings is 1. The molecule has 1 heterocycles. The Kier molecular flexibility index (Phi) is 5.58. The SMILES string of the molecule is O=C(Nc1ccc(-c2nc3ccc(C(=O)Nc4ccc(F)cc4)cc3[nH]2)cc1)c1ccccc1. The summed E-state index contributed by atoms with van der Waals surface area (Å²) in [6.07, 6.45) is 0. The van der Waals surface area contributed by atoms with Crippen molar-refractivity contribution in [2.24, 2.45) is 0 Å². The van der Waals surface area contributed by atoms with Gasteiger partial charge >= 0.3 is 0 Å². The monoisotopic (exact) mass is 450 g/mol. The Morgan fingerprint density at radius 3 is 2.00 bits per heavy atom. The molecule has 0 aliphatic rings. The third-order valence-corrected chi connectivity index (χ3v) is 5.30. The molecule has 0 aliphatic heterocycles. The lowest BCUT2D eigenvalue weighted by atomic mass is 10.1. The van der Waals surface area contributed by atoms with Gasteiger partial charge in [-0.3, -0.25) is 9.59 Å². The standard InChI is InChI=1S/C27H19FN4O2/c28-20-9-13-22(14-10-20)30-27(34)19-8-15-23-24(16-19)32-25(31-23)17-6-11-21(12-7-17)29-26(33)18-4-2-1-3-5-18/h1-16H,(H,29,33)(H,30,34)(H,31,32). The van der Waals surface area contributed by atoms with Crippen molar-refractivity contribution >= 4 is 34.2 Å². The van der Waals surface area contributed by atoms with Crippen LogP contribution in [0.5, 0.6) is 0 Å². The summed E-state index contributed by atoms with van der Waals surface area (Å²) >= 11 is 0. The van der Waals surface area contributed by atoms with Crippen molar-refractivity contribution in [3.8, 4) is 11.4 Å². The molecule has 3 N–H and O–H groups in total. The molecule has 2 amide bonds. The molecule has 5 rings (SSSR count). The molecule has 0 radical (unpaired) electrons. The Bertz CT molecular complexity index is 1480. The van der Waals surface area contributed by atoms with Crippen LogP contribution in [0.2, 0.25) is 0 Å². The van der Waals surface area contributed by atoms with Crippen molar-refractivity contribution < 1.29 is 14.0 Å². The quantitative estimate of drug-likeness (QED) is 0.313. The highest BCUT2D eigenvalue weighted by atomic mass is 19.1. The van der Waals surface area contributed by atoms with Crippen molar-refractivity contribution in [1.82, 2.24) is 9.97 Å². The number of halogens is 1. The number of carbonyl (C=O) groups is 2. The average Bonchev–Trinajstić information content (AvgIpc) is 3.30. The highest BCUT2D eigenvalue weighted by molar-refractivity contribution is 6.06. The highest BCUT2D eigenvalue weighted by Crippen LogP contribution is 2.23. The van der Waals surface area contributed by atoms with Gasteiger partial charge in [0, 0.05) is 28.1 Å². The van der Waals surface area contributed by atoms with E-state index in [1.807, 2.05) is 42.5 Å². The number of nitrogens with zero attached hydrogens (tertiary/aromatic N) is 1. The topological polar surface area (TPSA) is 86.9 Å². The molecule has 0 bridgehead atoms. The van der Waals surface area contributed by atoms with E-state index in [-0.39, 0.29) is 17.6 Å². The first-order chi connectivity index (χ1) is 16.5. The maximum Gasteiger partial charge on any atom is 0.255 e. The Hall–Kier alpha value is -4.78. The molecule has 0 spiro atoms. The zero-order chi connectivity index (χ0) is 23.5. The van der Waals surface area contributed by atoms with E-state index in [9.17, 15) is 14.0 Å². The third-order valence-electron chi connectivity index (χ3n) is 5.30. The van der Waals surface area contributed by atoms with Gasteiger partial charge in [-0.2, -0.15) is 0 Å². The Morgan fingerprint density at radius 1 is 0.706 bits per heavy atom. The number of rotatable bonds is 5. The van der Waals surface area contributed by atoms with E-state index in [4.69, 9.17) is 0 Å². The van der Waals surface area contributed by atoms with Crippen molar-refractivity contribution in [3.05, 3.63) is 114 Å². The molecule has 0 aliphatic carbocycles. The zero-order valence-corrected chi connectivity index (χ0v) is 17.9. The number of aromatic nitrogens is 2. The Labute approximate surface area is 194 Å². The van der Waals surface area contributed by atoms with Gasteiger partial charge in [0.15, 0.2) is 0 Å². The molecule has 6 nitrogen and oxygen atoms in total. The van der Waals surface area contributed by atoms with Crippen LogP contribution in [0.25, 0.3) is 22.4 Å². The van der Waals surface area contributed by atoms with E-state index in [1.54, 1.807) is 30.3 Å². The molecule has 4 aromatic carbocycles. The molecule has 34 heavy (non-hydrogen) atoms. The van der Waals surface area contributed by atoms with E-state index in [0.29, 0.717) is 33.8 Å². The van der Waals surface area contributed by atoms with Gasteiger partial charge < -0.3 is 15.6 Å². The molecule has 166 valence electrons. The molecule has 5 aromatic rings. The predicted octanol–water partition coefficient (Wildman–Crippen LogP) is 5.87. The van der Waals surface area contributed by atoms with E-state index < -0.39 is 0 Å². The number of nitrogens with one attached hydrogen (secondary N) is 3. The summed E-state index contributed by atoms with van der Waals surface area (Å²) in [4.78, 5) is 32.7. The van der Waals surface area contributed by atoms with Crippen molar-refractivity contribution in [3.63, 3.8) is 0 Å². The van der Waals surface area contributed by atoms with Crippen LogP contribution in [-0.2, 0) is 0 Å². The lowest BCUT2D eigenvalue weighted by Crippen LogP contribution is -2.11. The van der Waals surface area contributed by atoms with E-state index in [0.717, 1.165) is 11.1 Å². The van der Waals surface area contributed by atoms with Crippen LogP contribution >= 0.6 is 0 Å². The number of hydrogen-bond donors (Lipinski definition) is 3. The van der Waals surface area contributed by atoms with E-state index >= 15 is 0 Å². The van der Waals surface area contributed by atoms with Crippen LogP contribution in [0, 0.1) is 5.82 Å². The summed E-state index contributed by atoms with van der Waals surface area (Å²) in [5, 5.41) is 5.62. The summed E-state index contributed by atoms with van der Waals surface area (Å²) in [6.45, 7) is 0. The minimum Gasteiger partial charge on any atom is -0.338 e. The first-order valence-corrected chi connectivity index (χ1v) is 10.6. The zero-order valence-electron chi connectivity index (χ0n) is 17.9. The minimum atomic E-state index is -0.365. The van der Waals surface area contributed by atoms with Crippen molar-refractivity contribution in [2.45, 2.75) is 0 Å². The van der Waals surface area contributed by atoms with Crippen LogP contribution < -0.4 is 10.6 Å². The second-order valence-corrected chi connectivity index (χ2v) is 7.68. The largest absolute Gasteiger partial charge is 0.338 e. The van der Waals surface area contributed by atoms with Gasteiger partial charge in [0.1, 0.15) is 11.6 Å². The fourth-order valence-electron chi connectivity index (χ4n) is 3.53. The van der Waals surface area contributed by atoms with Crippen LogP contribution in [0.3, 0.4) is 0 Å². The maximum atomic E-state index is 13.1. The summed E-state index contributed by atoms with van der Waals surface area (Å²) in [6, 6.07) is 27.1. The number of fused-ring (bicyclic) bond motifs is 1. The first kappa shape index (κ1) is 21.1. The first-order valence-electron chi connectivity index (χ1n) is 10.6. The van der Waals surface area contributed by atoms with Gasteiger partial charge in [-0.05, 0) is 78.9 Å². The maximum absolute atomic E-state index is 13.1. The minimum absolute atomic E-state index is 0.177. The number of aromatic amines is 1. The van der Waals surface area contributed by atoms with Crippen molar-refractivity contribution in [2.75, 3.05) is 10.6 Å². The second-order valence-electron chi connectivity index (χ2n) is 7.68. The highest BCUT2D eigenvalue weighted by Gasteiger charge is 2.11. The van der Waals surface area contributed by atoms with Gasteiger partial charge in [0.2, 0.25) is 0 Å². The van der Waals surface area contributed by atoms with Crippen LogP contribution in [0.15, 0.2) is 97.1 Å². The number of anilines is 2. The number of carbonyl (C=O) groups excluding carboxylic acids is 2. The summed E-state index contributed by atoms with van der Waals surface area (Å²) in [5.74, 6) is -0.199. The molecule has 7 heteroatoms. The molecular weight excluding hydrogens is 431 g/mol. The summed E-state index contributed by atoms with van der Waals surface area (Å²) < 4.78 is 13.1. The van der Waals surface area contributed by atoms with Crippen LogP contribution in [-0.4, -0.2) is 21.8 Å². The van der Waals surface area contributed by atoms with Gasteiger partial charge in [-0.1, -0.05) is 18.2 Å². The number of benzene rings is 4. The smallest absolute Gasteiger partial charge is 0.255 e. The molecule has 0 atom stereocenters. The summed E-state index contributed by atoms with van der Waals surface area (Å²) in [5.41, 5.74) is 4.49. The molecule has 1 aromatic heterocycles. The second kappa shape index (κ2) is 8.99. The Morgan fingerprint density at radius 2 is 1.32 bits per heavy atom. The van der Waals surface area contributed by atoms with Crippen molar-refractivity contribution in [1.29, 1.82) is 0 Å². The normalized spacial score (nSPS) is 10.7. The van der Waals surface area contributed by atoms with E-state index in [2.05, 4.69) is 20.6 Å². The number of amides is 2. The predicted molar refractivity (Wildman–Crippen MR) is 130 cm³/mol. The lowest BCUT2D eigenvalue weighted by Gasteiger charge is -2.06. The third kappa shape index (κ3) is 4.54. The summed E-state index contributed by atoms with van der Waals surface area (Å²) in [7, 11) is 0. The van der Waals surface area contributed by atoms with Crippen LogP contribution in [0.4, 0.5) is 15.8 Å². The lowest BCUT2D eigenvalue weighted by molar-refractivity contribution is 0.101. The number of hydrogen-bond acceptors (Lipinski definition) is 3. The van der Waals surface area contributed by atoms with Gasteiger partial charge in [-0.15, -0.1) is 0 Å². The average molecular weight is 450 g/mol. The molecule has 0 saturated carbocycles. The number of H-pyrrole nitrogens is 1. The molecule has 0 unspecified atom stereocenters. The molecule has 0 fully saturated rings.